The molecule has 3 rings (SSSR count). The average Bonchev–Trinajstić information content (AvgIpc) is 3.00. The second-order valence-corrected chi connectivity index (χ2v) is 5.45. The number of carbonyl (C=O) groups is 1. The Hall–Kier alpha value is -1.51. The van der Waals surface area contributed by atoms with E-state index >= 15 is 0 Å². The molecule has 18 heavy (non-hydrogen) atoms. The topological polar surface area (TPSA) is 38.3 Å². The van der Waals surface area contributed by atoms with Crippen LogP contribution >= 0.6 is 0 Å². The summed E-state index contributed by atoms with van der Waals surface area (Å²) in [6.07, 6.45) is 5.12. The van der Waals surface area contributed by atoms with E-state index in [1.165, 1.54) is 25.7 Å². The lowest BCUT2D eigenvalue weighted by Gasteiger charge is -2.22. The molecule has 2 fully saturated rings. The SMILES string of the molecule is O=C(COc1ccccc1)N[C@@H]1C[C@H]2CC[C@H]1C2. The van der Waals surface area contributed by atoms with Gasteiger partial charge in [0, 0.05) is 6.04 Å². The highest BCUT2D eigenvalue weighted by Gasteiger charge is 2.39. The summed E-state index contributed by atoms with van der Waals surface area (Å²) in [7, 11) is 0. The molecule has 3 heteroatoms. The molecule has 1 aromatic rings. The number of carbonyl (C=O) groups excluding carboxylic acids is 1. The normalized spacial score (nSPS) is 29.2. The second-order valence-electron chi connectivity index (χ2n) is 5.45. The summed E-state index contributed by atoms with van der Waals surface area (Å²) in [4.78, 5) is 11.8. The van der Waals surface area contributed by atoms with Crippen LogP contribution in [-0.2, 0) is 4.79 Å². The van der Waals surface area contributed by atoms with Crippen LogP contribution in [0.4, 0.5) is 0 Å². The number of benzene rings is 1. The monoisotopic (exact) mass is 245 g/mol. The lowest BCUT2D eigenvalue weighted by molar-refractivity contribution is -0.124. The van der Waals surface area contributed by atoms with Crippen molar-refractivity contribution in [2.24, 2.45) is 11.8 Å². The number of nitrogens with one attached hydrogen (secondary N) is 1. The van der Waals surface area contributed by atoms with Gasteiger partial charge in [-0.2, -0.15) is 0 Å². The standard InChI is InChI=1S/C15H19NO2/c17-15(10-18-13-4-2-1-3-5-13)16-14-9-11-6-7-12(14)8-11/h1-5,11-12,14H,6-10H2,(H,16,17)/t11-,12-,14+/m0/s1. The van der Waals surface area contributed by atoms with Crippen LogP contribution in [-0.4, -0.2) is 18.6 Å². The van der Waals surface area contributed by atoms with E-state index in [-0.39, 0.29) is 12.5 Å². The van der Waals surface area contributed by atoms with Crippen LogP contribution < -0.4 is 10.1 Å². The van der Waals surface area contributed by atoms with Gasteiger partial charge in [-0.25, -0.2) is 0 Å². The van der Waals surface area contributed by atoms with Crippen LogP contribution in [0.5, 0.6) is 5.75 Å². The Balaban J connectivity index is 1.45. The van der Waals surface area contributed by atoms with E-state index in [1.54, 1.807) is 0 Å². The predicted molar refractivity (Wildman–Crippen MR) is 69.3 cm³/mol. The van der Waals surface area contributed by atoms with E-state index in [9.17, 15) is 4.79 Å². The highest BCUT2D eigenvalue weighted by atomic mass is 16.5. The minimum atomic E-state index is 0.0106. The molecule has 1 aromatic carbocycles. The van der Waals surface area contributed by atoms with Gasteiger partial charge in [-0.05, 0) is 43.2 Å². The maximum atomic E-state index is 11.8. The van der Waals surface area contributed by atoms with Crippen molar-refractivity contribution in [2.45, 2.75) is 31.7 Å². The molecule has 96 valence electrons. The fourth-order valence-corrected chi connectivity index (χ4v) is 3.34. The molecule has 1 amide bonds. The third-order valence-electron chi connectivity index (χ3n) is 4.20. The molecule has 0 aromatic heterocycles. The predicted octanol–water partition coefficient (Wildman–Crippen LogP) is 2.37. The van der Waals surface area contributed by atoms with E-state index in [2.05, 4.69) is 5.32 Å². The zero-order valence-electron chi connectivity index (χ0n) is 10.5. The van der Waals surface area contributed by atoms with Crippen molar-refractivity contribution in [1.82, 2.24) is 5.32 Å². The molecule has 2 aliphatic rings. The molecule has 3 atom stereocenters. The molecule has 0 aliphatic heterocycles. The highest BCUT2D eigenvalue weighted by molar-refractivity contribution is 5.77. The van der Waals surface area contributed by atoms with Crippen molar-refractivity contribution in [3.63, 3.8) is 0 Å². The molecule has 0 saturated heterocycles. The quantitative estimate of drug-likeness (QED) is 0.884. The van der Waals surface area contributed by atoms with Crippen LogP contribution in [0.25, 0.3) is 0 Å². The van der Waals surface area contributed by atoms with Crippen molar-refractivity contribution in [3.8, 4) is 5.75 Å². The molecule has 2 aliphatic carbocycles. The highest BCUT2D eigenvalue weighted by Crippen LogP contribution is 2.44. The lowest BCUT2D eigenvalue weighted by atomic mass is 9.95. The van der Waals surface area contributed by atoms with Gasteiger partial charge in [0.2, 0.25) is 0 Å². The van der Waals surface area contributed by atoms with Crippen LogP contribution in [0.3, 0.4) is 0 Å². The number of rotatable bonds is 4. The summed E-state index contributed by atoms with van der Waals surface area (Å²) in [5.41, 5.74) is 0. The zero-order chi connectivity index (χ0) is 12.4. The van der Waals surface area contributed by atoms with Crippen LogP contribution in [0.15, 0.2) is 30.3 Å². The first kappa shape index (κ1) is 11.6. The van der Waals surface area contributed by atoms with Crippen LogP contribution in [0.2, 0.25) is 0 Å². The van der Waals surface area contributed by atoms with E-state index in [1.807, 2.05) is 30.3 Å². The van der Waals surface area contributed by atoms with Gasteiger partial charge in [0.1, 0.15) is 5.75 Å². The molecular weight excluding hydrogens is 226 g/mol. The summed E-state index contributed by atoms with van der Waals surface area (Å²) < 4.78 is 5.45. The van der Waals surface area contributed by atoms with Crippen molar-refractivity contribution in [2.75, 3.05) is 6.61 Å². The van der Waals surface area contributed by atoms with Crippen molar-refractivity contribution in [3.05, 3.63) is 30.3 Å². The minimum Gasteiger partial charge on any atom is -0.484 e. The first-order chi connectivity index (χ1) is 8.81. The maximum Gasteiger partial charge on any atom is 0.258 e. The summed E-state index contributed by atoms with van der Waals surface area (Å²) >= 11 is 0. The second kappa shape index (κ2) is 5.01. The fourth-order valence-electron chi connectivity index (χ4n) is 3.34. The van der Waals surface area contributed by atoms with Gasteiger partial charge >= 0.3 is 0 Å². The first-order valence-corrected chi connectivity index (χ1v) is 6.78. The molecule has 2 bridgehead atoms. The number of ether oxygens (including phenoxy) is 1. The fraction of sp³-hybridized carbons (Fsp3) is 0.533. The number of hydrogen-bond donors (Lipinski definition) is 1. The zero-order valence-corrected chi connectivity index (χ0v) is 10.5. The number of hydrogen-bond acceptors (Lipinski definition) is 2. The Kier molecular flexibility index (Phi) is 3.22. The number of amides is 1. The van der Waals surface area contributed by atoms with E-state index < -0.39 is 0 Å². The first-order valence-electron chi connectivity index (χ1n) is 6.78. The van der Waals surface area contributed by atoms with Crippen LogP contribution in [0, 0.1) is 11.8 Å². The molecular formula is C15H19NO2. The maximum absolute atomic E-state index is 11.8. The third-order valence-corrected chi connectivity index (χ3v) is 4.20. The summed E-state index contributed by atoms with van der Waals surface area (Å²) in [6.45, 7) is 0.123. The Labute approximate surface area is 108 Å². The summed E-state index contributed by atoms with van der Waals surface area (Å²) in [5.74, 6) is 2.34. The summed E-state index contributed by atoms with van der Waals surface area (Å²) in [6, 6.07) is 9.88. The van der Waals surface area contributed by atoms with Gasteiger partial charge in [0.05, 0.1) is 0 Å². The average molecular weight is 245 g/mol. The van der Waals surface area contributed by atoms with Crippen molar-refractivity contribution >= 4 is 5.91 Å². The van der Waals surface area contributed by atoms with Crippen LogP contribution in [0.1, 0.15) is 25.7 Å². The number of fused-ring (bicyclic) bond motifs is 2. The molecule has 3 nitrogen and oxygen atoms in total. The Morgan fingerprint density at radius 1 is 1.22 bits per heavy atom. The van der Waals surface area contributed by atoms with Gasteiger partial charge in [0.15, 0.2) is 6.61 Å². The molecule has 0 spiro atoms. The minimum absolute atomic E-state index is 0.0106. The third kappa shape index (κ3) is 2.50. The molecule has 0 radical (unpaired) electrons. The van der Waals surface area contributed by atoms with Gasteiger partial charge in [-0.1, -0.05) is 24.6 Å². The van der Waals surface area contributed by atoms with E-state index in [4.69, 9.17) is 4.74 Å². The Morgan fingerprint density at radius 3 is 2.72 bits per heavy atom. The Bertz CT molecular complexity index is 418. The smallest absolute Gasteiger partial charge is 0.258 e. The van der Waals surface area contributed by atoms with Crippen molar-refractivity contribution in [1.29, 1.82) is 0 Å². The number of para-hydroxylation sites is 1. The van der Waals surface area contributed by atoms with E-state index in [0.29, 0.717) is 6.04 Å². The summed E-state index contributed by atoms with van der Waals surface area (Å²) in [5, 5.41) is 3.12. The Morgan fingerprint density at radius 2 is 2.06 bits per heavy atom. The lowest BCUT2D eigenvalue weighted by Crippen LogP contribution is -2.40. The molecule has 2 saturated carbocycles. The van der Waals surface area contributed by atoms with Gasteiger partial charge in [-0.3, -0.25) is 4.79 Å². The van der Waals surface area contributed by atoms with Crippen molar-refractivity contribution < 1.29 is 9.53 Å². The molecule has 0 heterocycles. The van der Waals surface area contributed by atoms with Gasteiger partial charge in [-0.15, -0.1) is 0 Å². The molecule has 0 unspecified atom stereocenters. The van der Waals surface area contributed by atoms with E-state index in [0.717, 1.165) is 17.6 Å². The largest absolute Gasteiger partial charge is 0.484 e. The van der Waals surface area contributed by atoms with Gasteiger partial charge < -0.3 is 10.1 Å². The molecule has 1 N–H and O–H groups in total. The van der Waals surface area contributed by atoms with Gasteiger partial charge in [0.25, 0.3) is 5.91 Å².